The minimum absolute atomic E-state index is 0.0590. The smallest absolute Gasteiger partial charge is 0.133 e. The average molecular weight is 170 g/mol. The van der Waals surface area contributed by atoms with Gasteiger partial charge in [0.2, 0.25) is 0 Å². The Kier molecular flexibility index (Phi) is 5.60. The highest BCUT2D eigenvalue weighted by Gasteiger charge is 2.11. The van der Waals surface area contributed by atoms with Crippen LogP contribution in [0.5, 0.6) is 0 Å². The van der Waals surface area contributed by atoms with Crippen LogP contribution in [0.4, 0.5) is 0 Å². The molecule has 0 bridgehead atoms. The molecule has 0 spiro atoms. The van der Waals surface area contributed by atoms with E-state index in [1.165, 1.54) is 0 Å². The van der Waals surface area contributed by atoms with E-state index in [-0.39, 0.29) is 11.7 Å². The summed E-state index contributed by atoms with van der Waals surface area (Å²) in [4.78, 5) is 21.6. The van der Waals surface area contributed by atoms with Crippen molar-refractivity contribution in [3.63, 3.8) is 0 Å². The number of carbonyl (C=O) groups is 2. The lowest BCUT2D eigenvalue weighted by Crippen LogP contribution is -2.10. The van der Waals surface area contributed by atoms with Crippen LogP contribution in [0.25, 0.3) is 0 Å². The Hall–Kier alpha value is -0.660. The standard InChI is InChI=1S/C10H18O2/c1-4-9(7-11)6-10(12)5-8(2)3/h7-9H,4-6H2,1-3H3. The maximum atomic E-state index is 11.2. The molecule has 0 saturated carbocycles. The van der Waals surface area contributed by atoms with Crippen LogP contribution in [0.2, 0.25) is 0 Å². The van der Waals surface area contributed by atoms with Crippen molar-refractivity contribution in [2.45, 2.75) is 40.0 Å². The number of hydrogen-bond donors (Lipinski definition) is 0. The highest BCUT2D eigenvalue weighted by atomic mass is 16.1. The van der Waals surface area contributed by atoms with Crippen molar-refractivity contribution in [3.8, 4) is 0 Å². The third-order valence-corrected chi connectivity index (χ3v) is 1.84. The van der Waals surface area contributed by atoms with Crippen LogP contribution in [0.15, 0.2) is 0 Å². The van der Waals surface area contributed by atoms with E-state index in [4.69, 9.17) is 0 Å². The van der Waals surface area contributed by atoms with Crippen molar-refractivity contribution in [2.75, 3.05) is 0 Å². The molecule has 0 fully saturated rings. The zero-order valence-electron chi connectivity index (χ0n) is 8.17. The molecule has 0 aromatic rings. The molecule has 0 heterocycles. The fourth-order valence-corrected chi connectivity index (χ4v) is 1.12. The summed E-state index contributed by atoms with van der Waals surface area (Å²) in [6, 6.07) is 0. The van der Waals surface area contributed by atoms with E-state index in [0.717, 1.165) is 12.7 Å². The van der Waals surface area contributed by atoms with Gasteiger partial charge in [0, 0.05) is 18.8 Å². The number of ketones is 1. The Labute approximate surface area is 74.3 Å². The molecule has 0 aliphatic carbocycles. The first-order valence-corrected chi connectivity index (χ1v) is 4.57. The summed E-state index contributed by atoms with van der Waals surface area (Å²) in [6.07, 6.45) is 2.69. The second-order valence-electron chi connectivity index (χ2n) is 3.65. The van der Waals surface area contributed by atoms with E-state index in [9.17, 15) is 9.59 Å². The first-order chi connectivity index (χ1) is 5.60. The van der Waals surface area contributed by atoms with Crippen molar-refractivity contribution in [1.29, 1.82) is 0 Å². The topological polar surface area (TPSA) is 34.1 Å². The minimum Gasteiger partial charge on any atom is -0.303 e. The quantitative estimate of drug-likeness (QED) is 0.573. The van der Waals surface area contributed by atoms with Gasteiger partial charge in [0.15, 0.2) is 0 Å². The van der Waals surface area contributed by atoms with Gasteiger partial charge in [0.05, 0.1) is 0 Å². The summed E-state index contributed by atoms with van der Waals surface area (Å²) in [5.41, 5.74) is 0. The summed E-state index contributed by atoms with van der Waals surface area (Å²) in [6.45, 7) is 5.96. The Morgan fingerprint density at radius 1 is 1.33 bits per heavy atom. The molecule has 2 nitrogen and oxygen atoms in total. The molecule has 0 aromatic heterocycles. The monoisotopic (exact) mass is 170 g/mol. The number of hydrogen-bond acceptors (Lipinski definition) is 2. The lowest BCUT2D eigenvalue weighted by molar-refractivity contribution is -0.123. The lowest BCUT2D eigenvalue weighted by Gasteiger charge is -2.07. The van der Waals surface area contributed by atoms with Gasteiger partial charge in [-0.1, -0.05) is 20.8 Å². The molecule has 0 aliphatic rings. The Morgan fingerprint density at radius 3 is 2.25 bits per heavy atom. The van der Waals surface area contributed by atoms with Crippen LogP contribution >= 0.6 is 0 Å². The molecule has 70 valence electrons. The van der Waals surface area contributed by atoms with E-state index in [1.54, 1.807) is 0 Å². The van der Waals surface area contributed by atoms with E-state index in [0.29, 0.717) is 18.8 Å². The highest BCUT2D eigenvalue weighted by Crippen LogP contribution is 2.10. The largest absolute Gasteiger partial charge is 0.303 e. The Balaban J connectivity index is 3.74. The zero-order chi connectivity index (χ0) is 9.56. The van der Waals surface area contributed by atoms with Crippen LogP contribution in [-0.2, 0) is 9.59 Å². The normalized spacial score (nSPS) is 13.0. The van der Waals surface area contributed by atoms with Gasteiger partial charge >= 0.3 is 0 Å². The fourth-order valence-electron chi connectivity index (χ4n) is 1.12. The van der Waals surface area contributed by atoms with Crippen molar-refractivity contribution in [3.05, 3.63) is 0 Å². The van der Waals surface area contributed by atoms with Gasteiger partial charge in [-0.3, -0.25) is 4.79 Å². The van der Waals surface area contributed by atoms with Gasteiger partial charge < -0.3 is 4.79 Å². The van der Waals surface area contributed by atoms with Crippen molar-refractivity contribution in [2.24, 2.45) is 11.8 Å². The van der Waals surface area contributed by atoms with E-state index < -0.39 is 0 Å². The Morgan fingerprint density at radius 2 is 1.92 bits per heavy atom. The van der Waals surface area contributed by atoms with Gasteiger partial charge in [-0.05, 0) is 12.3 Å². The van der Waals surface area contributed by atoms with E-state index in [2.05, 4.69) is 0 Å². The predicted octanol–water partition coefficient (Wildman–Crippen LogP) is 2.22. The highest BCUT2D eigenvalue weighted by molar-refractivity contribution is 5.81. The molecule has 0 radical (unpaired) electrons. The first kappa shape index (κ1) is 11.3. The SMILES string of the molecule is CCC(C=O)CC(=O)CC(C)C. The first-order valence-electron chi connectivity index (χ1n) is 4.57. The maximum Gasteiger partial charge on any atom is 0.133 e. The van der Waals surface area contributed by atoms with Crippen LogP contribution in [0, 0.1) is 11.8 Å². The number of carbonyl (C=O) groups excluding carboxylic acids is 2. The van der Waals surface area contributed by atoms with E-state index in [1.807, 2.05) is 20.8 Å². The number of rotatable bonds is 6. The third kappa shape index (κ3) is 5.05. The van der Waals surface area contributed by atoms with Gasteiger partial charge in [0.25, 0.3) is 0 Å². The molecule has 0 rings (SSSR count). The van der Waals surface area contributed by atoms with Crippen LogP contribution in [-0.4, -0.2) is 12.1 Å². The Bertz CT molecular complexity index is 150. The number of Topliss-reactive ketones (excluding diaryl/α,β-unsaturated/α-hetero) is 1. The molecule has 0 amide bonds. The van der Waals surface area contributed by atoms with Gasteiger partial charge in [0.1, 0.15) is 12.1 Å². The zero-order valence-corrected chi connectivity index (χ0v) is 8.17. The predicted molar refractivity (Wildman–Crippen MR) is 48.9 cm³/mol. The summed E-state index contributed by atoms with van der Waals surface area (Å²) in [7, 11) is 0. The molecular weight excluding hydrogens is 152 g/mol. The van der Waals surface area contributed by atoms with Crippen molar-refractivity contribution in [1.82, 2.24) is 0 Å². The summed E-state index contributed by atoms with van der Waals surface area (Å²) in [5, 5.41) is 0. The van der Waals surface area contributed by atoms with E-state index >= 15 is 0 Å². The maximum absolute atomic E-state index is 11.2. The molecule has 1 atom stereocenters. The van der Waals surface area contributed by atoms with Crippen molar-refractivity contribution < 1.29 is 9.59 Å². The molecule has 2 heteroatoms. The van der Waals surface area contributed by atoms with Gasteiger partial charge in [-0.25, -0.2) is 0 Å². The van der Waals surface area contributed by atoms with Crippen LogP contribution in [0.1, 0.15) is 40.0 Å². The fraction of sp³-hybridized carbons (Fsp3) is 0.800. The van der Waals surface area contributed by atoms with Gasteiger partial charge in [-0.2, -0.15) is 0 Å². The molecule has 0 aromatic carbocycles. The summed E-state index contributed by atoms with van der Waals surface area (Å²) >= 11 is 0. The molecular formula is C10H18O2. The summed E-state index contributed by atoms with van der Waals surface area (Å²) < 4.78 is 0. The second kappa shape index (κ2) is 5.92. The molecule has 0 aliphatic heterocycles. The molecule has 1 unspecified atom stereocenters. The average Bonchev–Trinajstić information content (AvgIpc) is 1.98. The van der Waals surface area contributed by atoms with Crippen LogP contribution < -0.4 is 0 Å². The van der Waals surface area contributed by atoms with Crippen molar-refractivity contribution >= 4 is 12.1 Å². The second-order valence-corrected chi connectivity index (χ2v) is 3.65. The summed E-state index contributed by atoms with van der Waals surface area (Å²) in [5.74, 6) is 0.557. The van der Waals surface area contributed by atoms with Crippen LogP contribution in [0.3, 0.4) is 0 Å². The number of aldehydes is 1. The molecule has 0 saturated heterocycles. The van der Waals surface area contributed by atoms with Gasteiger partial charge in [-0.15, -0.1) is 0 Å². The lowest BCUT2D eigenvalue weighted by atomic mass is 9.96. The molecule has 0 N–H and O–H groups in total. The molecule has 12 heavy (non-hydrogen) atoms. The third-order valence-electron chi connectivity index (χ3n) is 1.84. The minimum atomic E-state index is -0.0590.